The van der Waals surface area contributed by atoms with E-state index in [-0.39, 0.29) is 15.8 Å². The smallest absolute Gasteiger partial charge is 0.196 e. The molecule has 0 atom stereocenters. The molecule has 0 saturated carbocycles. The van der Waals surface area contributed by atoms with Crippen molar-refractivity contribution in [3.8, 4) is 22.3 Å². The number of carbonyl (C=O) groups excluding carboxylic acids is 1. The zero-order chi connectivity index (χ0) is 23.0. The molecule has 4 N–H and O–H groups in total. The van der Waals surface area contributed by atoms with Crippen molar-refractivity contribution in [1.29, 1.82) is 0 Å². The van der Waals surface area contributed by atoms with E-state index in [0.29, 0.717) is 32.5 Å². The molecule has 7 heteroatoms. The van der Waals surface area contributed by atoms with Gasteiger partial charge in [0.2, 0.25) is 0 Å². The molecule has 0 aliphatic heterocycles. The fourth-order valence-electron chi connectivity index (χ4n) is 3.44. The van der Waals surface area contributed by atoms with Crippen LogP contribution in [0.2, 0.25) is 20.1 Å². The fraction of sp³-hybridized carbons (Fsp3) is 0. The van der Waals surface area contributed by atoms with Gasteiger partial charge in [0.1, 0.15) is 0 Å². The van der Waals surface area contributed by atoms with Crippen LogP contribution in [0.4, 0.5) is 11.4 Å². The number of nitrogens with two attached hydrogens (primary N) is 2. The van der Waals surface area contributed by atoms with Crippen molar-refractivity contribution in [3.63, 3.8) is 0 Å². The summed E-state index contributed by atoms with van der Waals surface area (Å²) in [5, 5.41) is 1.67. The van der Waals surface area contributed by atoms with Crippen molar-refractivity contribution in [3.05, 3.63) is 104 Å². The van der Waals surface area contributed by atoms with Crippen molar-refractivity contribution in [1.82, 2.24) is 0 Å². The fourth-order valence-corrected chi connectivity index (χ4v) is 4.31. The molecule has 0 aliphatic carbocycles. The number of hydrogen-bond acceptors (Lipinski definition) is 3. The molecule has 4 aromatic rings. The summed E-state index contributed by atoms with van der Waals surface area (Å²) in [5.74, 6) is -0.295. The average molecular weight is 502 g/mol. The van der Waals surface area contributed by atoms with Gasteiger partial charge in [-0.2, -0.15) is 0 Å². The minimum atomic E-state index is -0.295. The Hall–Kier alpha value is -2.69. The van der Waals surface area contributed by atoms with E-state index >= 15 is 0 Å². The molecular formula is C25H16Cl4N2O. The molecule has 0 spiro atoms. The number of ketones is 1. The molecule has 0 unspecified atom stereocenters. The number of anilines is 2. The lowest BCUT2D eigenvalue weighted by Gasteiger charge is -2.12. The molecule has 0 aliphatic rings. The predicted molar refractivity (Wildman–Crippen MR) is 136 cm³/mol. The Morgan fingerprint density at radius 2 is 0.969 bits per heavy atom. The van der Waals surface area contributed by atoms with E-state index in [1.807, 2.05) is 0 Å². The Labute approximate surface area is 205 Å². The van der Waals surface area contributed by atoms with Crippen LogP contribution < -0.4 is 11.5 Å². The molecular weight excluding hydrogens is 486 g/mol. The number of benzene rings is 4. The van der Waals surface area contributed by atoms with Crippen molar-refractivity contribution >= 4 is 63.6 Å². The topological polar surface area (TPSA) is 69.1 Å². The molecule has 0 radical (unpaired) electrons. The molecule has 4 rings (SSSR count). The van der Waals surface area contributed by atoms with E-state index in [2.05, 4.69) is 0 Å². The van der Waals surface area contributed by atoms with Gasteiger partial charge in [-0.05, 0) is 71.8 Å². The maximum atomic E-state index is 13.2. The lowest BCUT2D eigenvalue weighted by Crippen LogP contribution is -2.04. The van der Waals surface area contributed by atoms with Gasteiger partial charge in [0.25, 0.3) is 0 Å². The summed E-state index contributed by atoms with van der Waals surface area (Å²) in [6.07, 6.45) is 0. The van der Waals surface area contributed by atoms with Gasteiger partial charge >= 0.3 is 0 Å². The Morgan fingerprint density at radius 1 is 0.562 bits per heavy atom. The zero-order valence-corrected chi connectivity index (χ0v) is 19.5. The van der Waals surface area contributed by atoms with E-state index in [1.54, 1.807) is 72.8 Å². The van der Waals surface area contributed by atoms with Crippen molar-refractivity contribution < 1.29 is 4.79 Å². The molecule has 0 aromatic heterocycles. The minimum absolute atomic E-state index is 0.283. The van der Waals surface area contributed by atoms with Crippen molar-refractivity contribution in [2.75, 3.05) is 11.5 Å². The average Bonchev–Trinajstić information content (AvgIpc) is 2.76. The second kappa shape index (κ2) is 9.05. The molecule has 0 amide bonds. The zero-order valence-electron chi connectivity index (χ0n) is 16.5. The van der Waals surface area contributed by atoms with Gasteiger partial charge in [0.05, 0.1) is 10.0 Å². The van der Waals surface area contributed by atoms with Gasteiger partial charge in [0.15, 0.2) is 5.78 Å². The van der Waals surface area contributed by atoms with Crippen molar-refractivity contribution in [2.45, 2.75) is 0 Å². The summed E-state index contributed by atoms with van der Waals surface area (Å²) in [5.41, 5.74) is 16.9. The number of carbonyl (C=O) groups is 1. The third-order valence-corrected chi connectivity index (χ3v) is 6.18. The van der Waals surface area contributed by atoms with Crippen LogP contribution in [0, 0.1) is 0 Å². The summed E-state index contributed by atoms with van der Waals surface area (Å²) in [6, 6.07) is 20.6. The van der Waals surface area contributed by atoms with Crippen LogP contribution in [0.3, 0.4) is 0 Å². The Bertz CT molecular complexity index is 1270. The van der Waals surface area contributed by atoms with E-state index in [0.717, 1.165) is 22.3 Å². The number of rotatable bonds is 4. The molecule has 0 heterocycles. The number of hydrogen-bond donors (Lipinski definition) is 2. The van der Waals surface area contributed by atoms with Gasteiger partial charge in [-0.25, -0.2) is 0 Å². The first-order chi connectivity index (χ1) is 15.2. The summed E-state index contributed by atoms with van der Waals surface area (Å²) in [4.78, 5) is 13.2. The van der Waals surface area contributed by atoms with Crippen LogP contribution >= 0.6 is 46.4 Å². The van der Waals surface area contributed by atoms with Crippen LogP contribution in [0.5, 0.6) is 0 Å². The largest absolute Gasteiger partial charge is 0.398 e. The Balaban J connectivity index is 1.69. The van der Waals surface area contributed by atoms with Gasteiger partial charge in [0, 0.05) is 43.7 Å². The summed E-state index contributed by atoms with van der Waals surface area (Å²) < 4.78 is 0. The Kier molecular flexibility index (Phi) is 6.36. The quantitative estimate of drug-likeness (QED) is 0.219. The van der Waals surface area contributed by atoms with Crippen LogP contribution in [0.15, 0.2) is 72.8 Å². The van der Waals surface area contributed by atoms with Gasteiger partial charge in [-0.3, -0.25) is 4.79 Å². The first-order valence-corrected chi connectivity index (χ1v) is 11.0. The second-order valence-electron chi connectivity index (χ2n) is 7.18. The number of halogens is 4. The van der Waals surface area contributed by atoms with Gasteiger partial charge < -0.3 is 11.5 Å². The monoisotopic (exact) mass is 500 g/mol. The second-order valence-corrected chi connectivity index (χ2v) is 8.87. The van der Waals surface area contributed by atoms with E-state index in [9.17, 15) is 4.79 Å². The Morgan fingerprint density at radius 3 is 1.34 bits per heavy atom. The normalized spacial score (nSPS) is 10.9. The maximum absolute atomic E-state index is 13.2. The van der Waals surface area contributed by atoms with E-state index in [4.69, 9.17) is 57.9 Å². The summed E-state index contributed by atoms with van der Waals surface area (Å²) in [6.45, 7) is 0. The SMILES string of the molecule is Nc1ccc(Cl)cc1-c1ccc(C(=O)c2ccc(-c3cc(Cl)ccc3N)cc2Cl)c(Cl)c1. The minimum Gasteiger partial charge on any atom is -0.398 e. The van der Waals surface area contributed by atoms with Crippen molar-refractivity contribution in [2.24, 2.45) is 0 Å². The van der Waals surface area contributed by atoms with Crippen LogP contribution in [-0.2, 0) is 0 Å². The lowest BCUT2D eigenvalue weighted by molar-refractivity contribution is 0.103. The molecule has 3 nitrogen and oxygen atoms in total. The predicted octanol–water partition coefficient (Wildman–Crippen LogP) is 8.03. The number of nitrogen functional groups attached to an aromatic ring is 2. The van der Waals surface area contributed by atoms with E-state index in [1.165, 1.54) is 0 Å². The first-order valence-electron chi connectivity index (χ1n) is 9.49. The van der Waals surface area contributed by atoms with Gasteiger partial charge in [-0.1, -0.05) is 58.5 Å². The van der Waals surface area contributed by atoms with Crippen LogP contribution in [0.1, 0.15) is 15.9 Å². The highest BCUT2D eigenvalue weighted by molar-refractivity contribution is 6.38. The lowest BCUT2D eigenvalue weighted by atomic mass is 9.96. The highest BCUT2D eigenvalue weighted by atomic mass is 35.5. The third-order valence-electron chi connectivity index (χ3n) is 5.08. The van der Waals surface area contributed by atoms with E-state index < -0.39 is 0 Å². The highest BCUT2D eigenvalue weighted by Crippen LogP contribution is 2.35. The summed E-state index contributed by atoms with van der Waals surface area (Å²) in [7, 11) is 0. The third kappa shape index (κ3) is 4.43. The molecule has 0 fully saturated rings. The van der Waals surface area contributed by atoms with Crippen LogP contribution in [0.25, 0.3) is 22.3 Å². The van der Waals surface area contributed by atoms with Gasteiger partial charge in [-0.15, -0.1) is 0 Å². The summed E-state index contributed by atoms with van der Waals surface area (Å²) >= 11 is 25.1. The maximum Gasteiger partial charge on any atom is 0.196 e. The highest BCUT2D eigenvalue weighted by Gasteiger charge is 2.18. The molecule has 0 bridgehead atoms. The molecule has 4 aromatic carbocycles. The standard InChI is InChI=1S/C25H16Cl4N2O/c26-15-3-7-23(30)19(11-15)13-1-5-17(21(28)9-13)25(32)18-6-2-14(10-22(18)29)20-12-16(27)4-8-24(20)31/h1-12H,30-31H2. The molecule has 160 valence electrons. The first kappa shape index (κ1) is 22.5. The van der Waals surface area contributed by atoms with Crippen LogP contribution in [-0.4, -0.2) is 5.78 Å². The molecule has 32 heavy (non-hydrogen) atoms. The molecule has 0 saturated heterocycles.